The Labute approximate surface area is 168 Å². The first-order valence-corrected chi connectivity index (χ1v) is 9.49. The first kappa shape index (κ1) is 18.7. The molecule has 4 rings (SSSR count). The molecule has 0 N–H and O–H groups in total. The summed E-state index contributed by atoms with van der Waals surface area (Å²) in [5, 5.41) is 0.932. The molecule has 0 fully saturated rings. The van der Waals surface area contributed by atoms with Crippen molar-refractivity contribution in [3.8, 4) is 17.2 Å². The van der Waals surface area contributed by atoms with Gasteiger partial charge < -0.3 is 13.6 Å². The van der Waals surface area contributed by atoms with Gasteiger partial charge in [0.1, 0.15) is 22.9 Å². The number of ether oxygens (including phenoxy) is 1. The van der Waals surface area contributed by atoms with E-state index >= 15 is 0 Å². The normalized spacial score (nSPS) is 11.0. The van der Waals surface area contributed by atoms with Crippen LogP contribution in [-0.4, -0.2) is 11.0 Å². The number of aryl methyl sites for hydroxylation is 2. The fourth-order valence-corrected chi connectivity index (χ4v) is 3.38. The summed E-state index contributed by atoms with van der Waals surface area (Å²) in [6, 6.07) is 15.2. The summed E-state index contributed by atoms with van der Waals surface area (Å²) in [6.45, 7) is 7.41. The van der Waals surface area contributed by atoms with Gasteiger partial charge in [0.15, 0.2) is 0 Å². The van der Waals surface area contributed by atoms with E-state index in [0.29, 0.717) is 18.1 Å². The van der Waals surface area contributed by atoms with Crippen molar-refractivity contribution < 1.29 is 18.4 Å². The lowest BCUT2D eigenvalue weighted by atomic mass is 10.1. The van der Waals surface area contributed by atoms with Crippen molar-refractivity contribution in [3.05, 3.63) is 84.0 Å². The van der Waals surface area contributed by atoms with Gasteiger partial charge in [0, 0.05) is 22.6 Å². The molecule has 0 saturated heterocycles. The number of oxazole rings is 1. The first-order valence-electron chi connectivity index (χ1n) is 9.49. The summed E-state index contributed by atoms with van der Waals surface area (Å²) in [7, 11) is 0. The number of hydrogen-bond donors (Lipinski definition) is 0. The molecule has 4 aromatic rings. The van der Waals surface area contributed by atoms with Gasteiger partial charge in [-0.1, -0.05) is 31.7 Å². The van der Waals surface area contributed by atoms with E-state index < -0.39 is 5.97 Å². The Morgan fingerprint density at radius 3 is 2.69 bits per heavy atom. The highest BCUT2D eigenvalue weighted by molar-refractivity contribution is 5.87. The molecule has 5 nitrogen and oxygen atoms in total. The van der Waals surface area contributed by atoms with Crippen LogP contribution in [0.5, 0.6) is 5.75 Å². The van der Waals surface area contributed by atoms with Crippen LogP contribution in [0.25, 0.3) is 22.4 Å². The lowest BCUT2D eigenvalue weighted by Gasteiger charge is -2.01. The van der Waals surface area contributed by atoms with Gasteiger partial charge in [0.05, 0.1) is 12.1 Å². The Morgan fingerprint density at radius 1 is 1.17 bits per heavy atom. The molecule has 0 bridgehead atoms. The van der Waals surface area contributed by atoms with Gasteiger partial charge in [-0.2, -0.15) is 0 Å². The number of fused-ring (bicyclic) bond motifs is 1. The van der Waals surface area contributed by atoms with Gasteiger partial charge >= 0.3 is 5.97 Å². The van der Waals surface area contributed by atoms with Crippen molar-refractivity contribution in [1.82, 2.24) is 4.98 Å². The minimum atomic E-state index is -0.488. The van der Waals surface area contributed by atoms with Crippen LogP contribution in [0, 0.1) is 6.92 Å². The summed E-state index contributed by atoms with van der Waals surface area (Å²) < 4.78 is 17.2. The number of hydrogen-bond acceptors (Lipinski definition) is 5. The Hall–Kier alpha value is -3.60. The van der Waals surface area contributed by atoms with E-state index in [0.717, 1.165) is 51.8 Å². The third-order valence-electron chi connectivity index (χ3n) is 4.83. The van der Waals surface area contributed by atoms with E-state index in [9.17, 15) is 4.79 Å². The van der Waals surface area contributed by atoms with Crippen LogP contribution in [0.1, 0.15) is 29.7 Å². The van der Waals surface area contributed by atoms with Gasteiger partial charge in [-0.25, -0.2) is 9.78 Å². The molecule has 0 aliphatic rings. The minimum absolute atomic E-state index is 0.466. The van der Waals surface area contributed by atoms with Crippen molar-refractivity contribution in [3.63, 3.8) is 0 Å². The minimum Gasteiger partial charge on any atom is -0.460 e. The Balaban J connectivity index is 1.68. The van der Waals surface area contributed by atoms with Crippen LogP contribution in [0.4, 0.5) is 0 Å². The highest BCUT2D eigenvalue weighted by Gasteiger charge is 2.18. The molecular weight excluding hydrogens is 366 g/mol. The van der Waals surface area contributed by atoms with Gasteiger partial charge in [0.2, 0.25) is 5.89 Å². The smallest absolute Gasteiger partial charge is 0.335 e. The molecule has 2 aromatic carbocycles. The summed E-state index contributed by atoms with van der Waals surface area (Å²) >= 11 is 0. The van der Waals surface area contributed by atoms with Crippen molar-refractivity contribution in [2.45, 2.75) is 26.7 Å². The molecule has 0 spiro atoms. The Bertz CT molecular complexity index is 1180. The maximum atomic E-state index is 11.5. The van der Waals surface area contributed by atoms with E-state index in [-0.39, 0.29) is 0 Å². The largest absolute Gasteiger partial charge is 0.460 e. The summed E-state index contributed by atoms with van der Waals surface area (Å²) in [4.78, 5) is 16.2. The number of furan rings is 1. The Kier molecular flexibility index (Phi) is 5.04. The predicted octanol–water partition coefficient (Wildman–Crippen LogP) is 5.64. The third-order valence-corrected chi connectivity index (χ3v) is 4.83. The zero-order chi connectivity index (χ0) is 20.4. The third kappa shape index (κ3) is 3.72. The number of esters is 1. The SMILES string of the molecule is C=CC(=O)Oc1ccc2oc(Cc3nc(-c4ccccc4)oc3C)c(CC)c2c1. The van der Waals surface area contributed by atoms with Gasteiger partial charge in [-0.05, 0) is 43.7 Å². The molecule has 2 heterocycles. The van der Waals surface area contributed by atoms with Gasteiger partial charge in [-0.3, -0.25) is 0 Å². The molecule has 29 heavy (non-hydrogen) atoms. The number of carbonyl (C=O) groups is 1. The average Bonchev–Trinajstić information content (AvgIpc) is 3.28. The van der Waals surface area contributed by atoms with Crippen LogP contribution in [0.15, 0.2) is 70.0 Å². The molecule has 0 radical (unpaired) electrons. The second-order valence-corrected chi connectivity index (χ2v) is 6.71. The molecule has 0 atom stereocenters. The number of rotatable bonds is 6. The molecule has 2 aromatic heterocycles. The maximum absolute atomic E-state index is 11.5. The van der Waals surface area contributed by atoms with E-state index in [1.807, 2.05) is 49.4 Å². The molecule has 0 aliphatic heterocycles. The van der Waals surface area contributed by atoms with Crippen LogP contribution < -0.4 is 4.74 Å². The number of aromatic nitrogens is 1. The van der Waals surface area contributed by atoms with Crippen molar-refractivity contribution in [2.75, 3.05) is 0 Å². The quantitative estimate of drug-likeness (QED) is 0.243. The molecule has 0 aliphatic carbocycles. The van der Waals surface area contributed by atoms with Crippen LogP contribution >= 0.6 is 0 Å². The summed E-state index contributed by atoms with van der Waals surface area (Å²) in [6.07, 6.45) is 2.45. The highest BCUT2D eigenvalue weighted by atomic mass is 16.5. The second-order valence-electron chi connectivity index (χ2n) is 6.71. The standard InChI is InChI=1S/C24H21NO4/c1-4-18-19-13-17(28-23(26)5-2)11-12-21(19)29-22(18)14-20-15(3)27-24(25-20)16-9-7-6-8-10-16/h5-13H,2,4,14H2,1,3H3. The summed E-state index contributed by atoms with van der Waals surface area (Å²) in [5.41, 5.74) is 3.60. The molecule has 0 unspecified atom stereocenters. The summed E-state index contributed by atoms with van der Waals surface area (Å²) in [5.74, 6) is 2.19. The lowest BCUT2D eigenvalue weighted by molar-refractivity contribution is -0.128. The average molecular weight is 387 g/mol. The molecular formula is C24H21NO4. The highest BCUT2D eigenvalue weighted by Crippen LogP contribution is 2.32. The predicted molar refractivity (Wildman–Crippen MR) is 111 cm³/mol. The van der Waals surface area contributed by atoms with E-state index in [2.05, 4.69) is 18.5 Å². The van der Waals surface area contributed by atoms with Crippen molar-refractivity contribution >= 4 is 16.9 Å². The lowest BCUT2D eigenvalue weighted by Crippen LogP contribution is -2.02. The van der Waals surface area contributed by atoms with Gasteiger partial charge in [-0.15, -0.1) is 0 Å². The van der Waals surface area contributed by atoms with Gasteiger partial charge in [0.25, 0.3) is 0 Å². The second kappa shape index (κ2) is 7.80. The fraction of sp³-hybridized carbons (Fsp3) is 0.167. The number of carbonyl (C=O) groups excluding carboxylic acids is 1. The van der Waals surface area contributed by atoms with E-state index in [1.165, 1.54) is 0 Å². The number of benzene rings is 2. The maximum Gasteiger partial charge on any atom is 0.335 e. The van der Waals surface area contributed by atoms with Crippen molar-refractivity contribution in [1.29, 1.82) is 0 Å². The van der Waals surface area contributed by atoms with Crippen molar-refractivity contribution in [2.24, 2.45) is 0 Å². The molecule has 0 amide bonds. The molecule has 5 heteroatoms. The topological polar surface area (TPSA) is 65.5 Å². The first-order chi connectivity index (χ1) is 14.1. The number of nitrogens with zero attached hydrogens (tertiary/aromatic N) is 1. The molecule has 146 valence electrons. The fourth-order valence-electron chi connectivity index (χ4n) is 3.38. The molecule has 0 saturated carbocycles. The van der Waals surface area contributed by atoms with Crippen LogP contribution in [0.3, 0.4) is 0 Å². The van der Waals surface area contributed by atoms with E-state index in [4.69, 9.17) is 13.6 Å². The van der Waals surface area contributed by atoms with Crippen LogP contribution in [-0.2, 0) is 17.6 Å². The van der Waals surface area contributed by atoms with E-state index in [1.54, 1.807) is 6.07 Å². The van der Waals surface area contributed by atoms with Crippen LogP contribution in [0.2, 0.25) is 0 Å². The monoisotopic (exact) mass is 387 g/mol. The zero-order valence-corrected chi connectivity index (χ0v) is 16.4. The Morgan fingerprint density at radius 2 is 1.97 bits per heavy atom. The zero-order valence-electron chi connectivity index (χ0n) is 16.4.